The minimum absolute atomic E-state index is 0.488. The van der Waals surface area contributed by atoms with Gasteiger partial charge in [-0.25, -0.2) is 0 Å². The number of alkyl halides is 2. The van der Waals surface area contributed by atoms with Crippen LogP contribution >= 0.6 is 0 Å². The van der Waals surface area contributed by atoms with E-state index in [2.05, 4.69) is 18.3 Å². The molecule has 0 fully saturated rings. The van der Waals surface area contributed by atoms with Crippen LogP contribution in [0.2, 0.25) is 0 Å². The van der Waals surface area contributed by atoms with Gasteiger partial charge < -0.3 is 0 Å². The highest BCUT2D eigenvalue weighted by Gasteiger charge is 2.24. The summed E-state index contributed by atoms with van der Waals surface area (Å²) in [7, 11) is 0. The first-order valence-electron chi connectivity index (χ1n) is 2.02. The maximum Gasteiger partial charge on any atom is 0.286 e. The van der Waals surface area contributed by atoms with E-state index in [0.717, 1.165) is 6.92 Å². The van der Waals surface area contributed by atoms with Crippen molar-refractivity contribution >= 4 is 6.72 Å². The quantitative estimate of drug-likeness (QED) is 0.492. The molecule has 0 unspecified atom stereocenters. The number of rotatable bonds is 2. The van der Waals surface area contributed by atoms with Crippen LogP contribution < -0.4 is 0 Å². The molecular formula is C5H7F2N. The summed E-state index contributed by atoms with van der Waals surface area (Å²) in [6, 6.07) is 0. The monoisotopic (exact) mass is 119 g/mol. The summed E-state index contributed by atoms with van der Waals surface area (Å²) in [4.78, 5) is 2.97. The highest BCUT2D eigenvalue weighted by molar-refractivity contribution is 5.29. The Morgan fingerprint density at radius 1 is 1.62 bits per heavy atom. The van der Waals surface area contributed by atoms with Gasteiger partial charge in [0, 0.05) is 6.92 Å². The molecule has 0 rings (SSSR count). The fraction of sp³-hybridized carbons (Fsp3) is 0.400. The van der Waals surface area contributed by atoms with Gasteiger partial charge in [0.05, 0.1) is 0 Å². The predicted molar refractivity (Wildman–Crippen MR) is 29.3 cm³/mol. The lowest BCUT2D eigenvalue weighted by atomic mass is 10.3. The van der Waals surface area contributed by atoms with E-state index in [1.165, 1.54) is 0 Å². The third-order valence-corrected chi connectivity index (χ3v) is 0.698. The van der Waals surface area contributed by atoms with Gasteiger partial charge in [0.2, 0.25) is 0 Å². The molecule has 0 saturated heterocycles. The van der Waals surface area contributed by atoms with Gasteiger partial charge >= 0.3 is 0 Å². The fourth-order valence-electron chi connectivity index (χ4n) is 0.139. The van der Waals surface area contributed by atoms with Crippen molar-refractivity contribution in [1.82, 2.24) is 0 Å². The highest BCUT2D eigenvalue weighted by Crippen LogP contribution is 2.21. The van der Waals surface area contributed by atoms with E-state index in [1.54, 1.807) is 0 Å². The average molecular weight is 119 g/mol. The predicted octanol–water partition coefficient (Wildman–Crippen LogP) is 1.86. The van der Waals surface area contributed by atoms with Gasteiger partial charge in [-0.05, 0) is 6.72 Å². The maximum atomic E-state index is 11.9. The molecule has 0 saturated carbocycles. The largest absolute Gasteiger partial charge is 0.286 e. The van der Waals surface area contributed by atoms with Gasteiger partial charge in [0.25, 0.3) is 5.92 Å². The Balaban J connectivity index is 4.02. The lowest BCUT2D eigenvalue weighted by Crippen LogP contribution is -2.10. The molecule has 0 aromatic heterocycles. The maximum absolute atomic E-state index is 11.9. The summed E-state index contributed by atoms with van der Waals surface area (Å²) in [5.74, 6) is -2.91. The van der Waals surface area contributed by atoms with Crippen molar-refractivity contribution in [2.24, 2.45) is 4.99 Å². The minimum Gasteiger partial charge on any atom is -0.263 e. The summed E-state index contributed by atoms with van der Waals surface area (Å²) < 4.78 is 23.8. The van der Waals surface area contributed by atoms with E-state index in [-0.39, 0.29) is 0 Å². The second kappa shape index (κ2) is 2.03. The lowest BCUT2D eigenvalue weighted by molar-refractivity contribution is 0.0629. The molecule has 1 nitrogen and oxygen atoms in total. The molecule has 0 aliphatic carbocycles. The van der Waals surface area contributed by atoms with Crippen LogP contribution in [-0.4, -0.2) is 12.6 Å². The first kappa shape index (κ1) is 7.27. The van der Waals surface area contributed by atoms with Crippen molar-refractivity contribution in [2.75, 3.05) is 0 Å². The molecule has 0 N–H and O–H groups in total. The second-order valence-corrected chi connectivity index (χ2v) is 1.49. The Labute approximate surface area is 46.7 Å². The molecular weight excluding hydrogens is 112 g/mol. The molecule has 0 radical (unpaired) electrons. The number of hydrogen-bond donors (Lipinski definition) is 0. The Hall–Kier alpha value is -0.730. The van der Waals surface area contributed by atoms with Crippen LogP contribution in [0.3, 0.4) is 0 Å². The van der Waals surface area contributed by atoms with Crippen LogP contribution in [0.15, 0.2) is 17.3 Å². The number of aliphatic imine (C=N–C) groups is 1. The fourth-order valence-corrected chi connectivity index (χ4v) is 0.139. The highest BCUT2D eigenvalue weighted by atomic mass is 19.3. The zero-order chi connectivity index (χ0) is 6.78. The van der Waals surface area contributed by atoms with Crippen molar-refractivity contribution in [1.29, 1.82) is 0 Å². The summed E-state index contributed by atoms with van der Waals surface area (Å²) in [5.41, 5.74) is -0.488. The van der Waals surface area contributed by atoms with Crippen molar-refractivity contribution in [3.05, 3.63) is 12.3 Å². The molecule has 46 valence electrons. The van der Waals surface area contributed by atoms with Crippen molar-refractivity contribution in [2.45, 2.75) is 12.8 Å². The Morgan fingerprint density at radius 3 is 2.00 bits per heavy atom. The van der Waals surface area contributed by atoms with Crippen molar-refractivity contribution < 1.29 is 8.78 Å². The summed E-state index contributed by atoms with van der Waals surface area (Å²) in [6.45, 7) is 6.59. The van der Waals surface area contributed by atoms with Gasteiger partial charge in [-0.3, -0.25) is 4.99 Å². The first-order valence-corrected chi connectivity index (χ1v) is 2.02. The standard InChI is InChI=1S/C5H7F2N/c1-4(8-3)5(2,6)7/h1,3H2,2H3. The molecule has 0 spiro atoms. The van der Waals surface area contributed by atoms with Crippen molar-refractivity contribution in [3.8, 4) is 0 Å². The summed E-state index contributed by atoms with van der Waals surface area (Å²) in [6.07, 6.45) is 0. The van der Waals surface area contributed by atoms with Crippen LogP contribution in [0.1, 0.15) is 6.92 Å². The molecule has 0 aliphatic heterocycles. The van der Waals surface area contributed by atoms with Crippen LogP contribution in [0.5, 0.6) is 0 Å². The van der Waals surface area contributed by atoms with E-state index in [0.29, 0.717) is 0 Å². The van der Waals surface area contributed by atoms with E-state index < -0.39 is 11.6 Å². The Kier molecular flexibility index (Phi) is 1.84. The minimum atomic E-state index is -2.91. The molecule has 0 bridgehead atoms. The third kappa shape index (κ3) is 1.82. The Bertz CT molecular complexity index is 112. The smallest absolute Gasteiger partial charge is 0.263 e. The van der Waals surface area contributed by atoms with Gasteiger partial charge in [-0.2, -0.15) is 8.78 Å². The molecule has 0 amide bonds. The van der Waals surface area contributed by atoms with Gasteiger partial charge in [0.15, 0.2) is 0 Å². The number of halogens is 2. The van der Waals surface area contributed by atoms with E-state index in [9.17, 15) is 8.78 Å². The summed E-state index contributed by atoms with van der Waals surface area (Å²) in [5, 5.41) is 0. The van der Waals surface area contributed by atoms with Crippen LogP contribution in [-0.2, 0) is 0 Å². The molecule has 0 aliphatic rings. The van der Waals surface area contributed by atoms with Crippen molar-refractivity contribution in [3.63, 3.8) is 0 Å². The van der Waals surface area contributed by atoms with E-state index >= 15 is 0 Å². The second-order valence-electron chi connectivity index (χ2n) is 1.49. The van der Waals surface area contributed by atoms with Gasteiger partial charge in [-0.1, -0.05) is 6.58 Å². The molecule has 0 aromatic carbocycles. The number of nitrogens with zero attached hydrogens (tertiary/aromatic N) is 1. The zero-order valence-electron chi connectivity index (χ0n) is 4.62. The van der Waals surface area contributed by atoms with E-state index in [1.807, 2.05) is 0 Å². The molecule has 3 heteroatoms. The molecule has 8 heavy (non-hydrogen) atoms. The zero-order valence-corrected chi connectivity index (χ0v) is 4.62. The first-order chi connectivity index (χ1) is 3.48. The van der Waals surface area contributed by atoms with Crippen LogP contribution in [0, 0.1) is 0 Å². The Morgan fingerprint density at radius 2 is 2.00 bits per heavy atom. The number of hydrogen-bond acceptors (Lipinski definition) is 1. The SMILES string of the molecule is C=NC(=C)C(C)(F)F. The topological polar surface area (TPSA) is 12.4 Å². The molecule has 0 aromatic rings. The van der Waals surface area contributed by atoms with Gasteiger partial charge in [-0.15, -0.1) is 0 Å². The van der Waals surface area contributed by atoms with E-state index in [4.69, 9.17) is 0 Å². The molecule has 0 heterocycles. The third-order valence-electron chi connectivity index (χ3n) is 0.698. The van der Waals surface area contributed by atoms with Crippen LogP contribution in [0.4, 0.5) is 8.78 Å². The molecule has 0 atom stereocenters. The summed E-state index contributed by atoms with van der Waals surface area (Å²) >= 11 is 0. The van der Waals surface area contributed by atoms with Crippen LogP contribution in [0.25, 0.3) is 0 Å². The normalized spacial score (nSPS) is 10.9. The lowest BCUT2D eigenvalue weighted by Gasteiger charge is -2.06. The van der Waals surface area contributed by atoms with Gasteiger partial charge in [0.1, 0.15) is 5.70 Å². The number of allylic oxidation sites excluding steroid dienone is 1. The average Bonchev–Trinajstić information content (AvgIpc) is 1.62.